The van der Waals surface area contributed by atoms with Gasteiger partial charge in [-0.1, -0.05) is 19.9 Å². The number of nitrogens with zero attached hydrogens (tertiary/aromatic N) is 2. The second-order valence-corrected chi connectivity index (χ2v) is 9.05. The molecular weight excluding hydrogens is 462 g/mol. The van der Waals surface area contributed by atoms with Gasteiger partial charge in [-0.25, -0.2) is 0 Å². The maximum Gasteiger partial charge on any atom is 0.269 e. The van der Waals surface area contributed by atoms with Crippen LogP contribution in [0.15, 0.2) is 35.7 Å². The molecule has 1 unspecified atom stereocenters. The van der Waals surface area contributed by atoms with Crippen molar-refractivity contribution in [1.82, 2.24) is 25.6 Å². The van der Waals surface area contributed by atoms with E-state index in [4.69, 9.17) is 21.7 Å². The third kappa shape index (κ3) is 5.99. The molecule has 0 aliphatic carbocycles. The van der Waals surface area contributed by atoms with Crippen LogP contribution in [0, 0.1) is 10.7 Å². The minimum absolute atomic E-state index is 0.310. The van der Waals surface area contributed by atoms with Gasteiger partial charge in [0.05, 0.1) is 18.6 Å². The Hall–Kier alpha value is -3.18. The summed E-state index contributed by atoms with van der Waals surface area (Å²) >= 11 is 6.78. The summed E-state index contributed by atoms with van der Waals surface area (Å²) in [4.78, 5) is 26.2. The zero-order chi connectivity index (χ0) is 24.0. The standard InChI is InChI=1S/C22H27N5O4S2/c1-13(2)9-10-31-16-8-7-15(12-17(16)30-4)21(29)25-24-20(28)14(3)27-19(23-26-22(27)32)18-6-5-11-33-18/h5-8,11-14H,9-10H2,1-4H3,(H,24,28)(H,25,29)(H,26,32). The third-order valence-electron chi connectivity index (χ3n) is 4.89. The van der Waals surface area contributed by atoms with Gasteiger partial charge in [-0.05, 0) is 61.1 Å². The number of methoxy groups -OCH3 is 1. The first-order valence-electron chi connectivity index (χ1n) is 10.4. The van der Waals surface area contributed by atoms with Crippen molar-refractivity contribution in [3.63, 3.8) is 0 Å². The lowest BCUT2D eigenvalue weighted by Gasteiger charge is -2.16. The van der Waals surface area contributed by atoms with E-state index >= 15 is 0 Å². The Morgan fingerprint density at radius 3 is 2.67 bits per heavy atom. The minimum atomic E-state index is -0.708. The first-order chi connectivity index (χ1) is 15.8. The summed E-state index contributed by atoms with van der Waals surface area (Å²) in [6.07, 6.45) is 0.907. The predicted octanol–water partition coefficient (Wildman–Crippen LogP) is 4.12. The lowest BCUT2D eigenvalue weighted by molar-refractivity contribution is -0.124. The van der Waals surface area contributed by atoms with E-state index in [1.54, 1.807) is 29.7 Å². The number of benzene rings is 1. The largest absolute Gasteiger partial charge is 0.493 e. The summed E-state index contributed by atoms with van der Waals surface area (Å²) in [5.41, 5.74) is 5.20. The van der Waals surface area contributed by atoms with Gasteiger partial charge in [0, 0.05) is 5.56 Å². The van der Waals surface area contributed by atoms with Crippen LogP contribution in [0.5, 0.6) is 11.5 Å². The molecule has 1 aromatic carbocycles. The molecule has 3 aromatic rings. The van der Waals surface area contributed by atoms with Crippen LogP contribution in [0.1, 0.15) is 43.6 Å². The van der Waals surface area contributed by atoms with Gasteiger partial charge in [-0.2, -0.15) is 5.10 Å². The van der Waals surface area contributed by atoms with Crippen LogP contribution in [0.2, 0.25) is 0 Å². The highest BCUT2D eigenvalue weighted by molar-refractivity contribution is 7.71. The average molecular weight is 490 g/mol. The molecule has 0 saturated carbocycles. The molecule has 11 heteroatoms. The number of nitrogens with one attached hydrogen (secondary N) is 3. The number of aromatic amines is 1. The molecule has 0 fully saturated rings. The molecule has 0 bridgehead atoms. The minimum Gasteiger partial charge on any atom is -0.493 e. The van der Waals surface area contributed by atoms with Crippen LogP contribution in [0.25, 0.3) is 10.7 Å². The molecule has 0 saturated heterocycles. The molecule has 2 aromatic heterocycles. The Balaban J connectivity index is 1.64. The van der Waals surface area contributed by atoms with Crippen LogP contribution >= 0.6 is 23.6 Å². The van der Waals surface area contributed by atoms with Crippen molar-refractivity contribution in [1.29, 1.82) is 0 Å². The molecule has 2 amide bonds. The van der Waals surface area contributed by atoms with Crippen molar-refractivity contribution in [2.24, 2.45) is 5.92 Å². The van der Waals surface area contributed by atoms with Crippen molar-refractivity contribution in [3.8, 4) is 22.2 Å². The van der Waals surface area contributed by atoms with E-state index in [1.807, 2.05) is 17.5 Å². The normalized spacial score (nSPS) is 11.8. The maximum atomic E-state index is 12.7. The van der Waals surface area contributed by atoms with Crippen LogP contribution in [-0.4, -0.2) is 40.3 Å². The molecule has 176 valence electrons. The van der Waals surface area contributed by atoms with Crippen molar-refractivity contribution < 1.29 is 19.1 Å². The fraction of sp³-hybridized carbons (Fsp3) is 0.364. The number of hydrogen-bond acceptors (Lipinski definition) is 7. The monoisotopic (exact) mass is 489 g/mol. The Labute approximate surface area is 201 Å². The van der Waals surface area contributed by atoms with Gasteiger partial charge in [-0.15, -0.1) is 11.3 Å². The molecule has 3 rings (SSSR count). The highest BCUT2D eigenvalue weighted by atomic mass is 32.1. The summed E-state index contributed by atoms with van der Waals surface area (Å²) in [6, 6.07) is 7.93. The van der Waals surface area contributed by atoms with E-state index in [0.29, 0.717) is 40.2 Å². The number of hydrogen-bond donors (Lipinski definition) is 3. The Morgan fingerprint density at radius 1 is 1.21 bits per heavy atom. The molecule has 1 atom stereocenters. The molecule has 2 heterocycles. The molecule has 0 radical (unpaired) electrons. The van der Waals surface area contributed by atoms with Crippen molar-refractivity contribution in [2.75, 3.05) is 13.7 Å². The first kappa shape index (κ1) is 24.5. The number of H-pyrrole nitrogens is 1. The van der Waals surface area contributed by atoms with Crippen LogP contribution < -0.4 is 20.3 Å². The van der Waals surface area contributed by atoms with Crippen LogP contribution in [0.4, 0.5) is 0 Å². The molecule has 33 heavy (non-hydrogen) atoms. The number of aromatic nitrogens is 3. The van der Waals surface area contributed by atoms with Crippen LogP contribution in [0.3, 0.4) is 0 Å². The number of thiophene rings is 1. The van der Waals surface area contributed by atoms with Gasteiger partial charge in [0.2, 0.25) is 0 Å². The molecule has 9 nitrogen and oxygen atoms in total. The molecule has 0 aliphatic rings. The second-order valence-electron chi connectivity index (χ2n) is 7.72. The Kier molecular flexibility index (Phi) is 8.23. The van der Waals surface area contributed by atoms with E-state index in [9.17, 15) is 9.59 Å². The zero-order valence-corrected chi connectivity index (χ0v) is 20.5. The van der Waals surface area contributed by atoms with Gasteiger partial charge in [0.1, 0.15) is 6.04 Å². The topological polar surface area (TPSA) is 110 Å². The van der Waals surface area contributed by atoms with E-state index in [1.165, 1.54) is 18.4 Å². The lowest BCUT2D eigenvalue weighted by Crippen LogP contribution is -2.44. The average Bonchev–Trinajstić information content (AvgIpc) is 3.46. The van der Waals surface area contributed by atoms with Gasteiger partial charge in [-0.3, -0.25) is 30.1 Å². The second kappa shape index (κ2) is 11.1. The molecule has 0 aliphatic heterocycles. The van der Waals surface area contributed by atoms with Crippen molar-refractivity contribution >= 4 is 35.4 Å². The van der Waals surface area contributed by atoms with E-state index in [0.717, 1.165) is 11.3 Å². The summed E-state index contributed by atoms with van der Waals surface area (Å²) in [6.45, 7) is 6.47. The number of amides is 2. The first-order valence-corrected chi connectivity index (χ1v) is 11.7. The van der Waals surface area contributed by atoms with Gasteiger partial charge in [0.15, 0.2) is 22.1 Å². The van der Waals surface area contributed by atoms with Gasteiger partial charge >= 0.3 is 0 Å². The number of rotatable bonds is 9. The van der Waals surface area contributed by atoms with E-state index in [2.05, 4.69) is 34.9 Å². The zero-order valence-electron chi connectivity index (χ0n) is 18.9. The fourth-order valence-corrected chi connectivity index (χ4v) is 3.99. The highest BCUT2D eigenvalue weighted by Gasteiger charge is 2.22. The Morgan fingerprint density at radius 2 is 2.00 bits per heavy atom. The predicted molar refractivity (Wildman–Crippen MR) is 129 cm³/mol. The van der Waals surface area contributed by atoms with E-state index < -0.39 is 17.9 Å². The number of hydrazine groups is 1. The number of ether oxygens (including phenoxy) is 2. The molecule has 3 N–H and O–H groups in total. The van der Waals surface area contributed by atoms with Crippen molar-refractivity contribution in [3.05, 3.63) is 46.0 Å². The highest BCUT2D eigenvalue weighted by Crippen LogP contribution is 2.28. The van der Waals surface area contributed by atoms with Gasteiger partial charge < -0.3 is 9.47 Å². The van der Waals surface area contributed by atoms with Gasteiger partial charge in [0.25, 0.3) is 11.8 Å². The van der Waals surface area contributed by atoms with Crippen molar-refractivity contribution in [2.45, 2.75) is 33.2 Å². The number of carbonyl (C=O) groups excluding carboxylic acids is 2. The molecule has 0 spiro atoms. The SMILES string of the molecule is COc1cc(C(=O)NNC(=O)C(C)n2c(-c3cccs3)n[nH]c2=S)ccc1OCCC(C)C. The molecular formula is C22H27N5O4S2. The third-order valence-corrected chi connectivity index (χ3v) is 6.04. The van der Waals surface area contributed by atoms with Crippen LogP contribution in [-0.2, 0) is 4.79 Å². The lowest BCUT2D eigenvalue weighted by atomic mass is 10.1. The maximum absolute atomic E-state index is 12.7. The summed E-state index contributed by atoms with van der Waals surface area (Å²) in [7, 11) is 1.51. The van der Waals surface area contributed by atoms with E-state index in [-0.39, 0.29) is 0 Å². The fourth-order valence-electron chi connectivity index (χ4n) is 2.99. The summed E-state index contributed by atoms with van der Waals surface area (Å²) in [5.74, 6) is 1.14. The smallest absolute Gasteiger partial charge is 0.269 e. The number of carbonyl (C=O) groups is 2. The summed E-state index contributed by atoms with van der Waals surface area (Å²) < 4.78 is 13.0. The quantitative estimate of drug-likeness (QED) is 0.308. The summed E-state index contributed by atoms with van der Waals surface area (Å²) in [5, 5.41) is 8.86. The Bertz CT molecular complexity index is 1150.